The first-order valence-corrected chi connectivity index (χ1v) is 14.0. The number of fused-ring (bicyclic) bond motifs is 2. The van der Waals surface area contributed by atoms with Crippen molar-refractivity contribution < 1.29 is 13.7 Å². The standard InChI is InChI=1S/C32H33NO3S/c1-4-5-6-7-20-33-29-18-12-25(23-8-14-27(35-2)15-9-23)21-31(29)37(34)32-22-26(13-19-30(32)33)24-10-16-28(36-3)17-11-24/h8-19,21-22H,4-7,20H2,1-3H3. The van der Waals surface area contributed by atoms with Gasteiger partial charge in [0.05, 0.1) is 46.2 Å². The van der Waals surface area contributed by atoms with Crippen molar-refractivity contribution in [1.82, 2.24) is 0 Å². The van der Waals surface area contributed by atoms with E-state index in [-0.39, 0.29) is 0 Å². The van der Waals surface area contributed by atoms with Gasteiger partial charge in [0, 0.05) is 6.54 Å². The molecule has 0 saturated carbocycles. The number of ether oxygens (including phenoxy) is 2. The molecule has 0 fully saturated rings. The number of rotatable bonds is 9. The maximum absolute atomic E-state index is 14.0. The Bertz CT molecular complexity index is 1300. The third-order valence-electron chi connectivity index (χ3n) is 6.98. The molecule has 4 aromatic carbocycles. The van der Waals surface area contributed by atoms with E-state index in [9.17, 15) is 4.21 Å². The van der Waals surface area contributed by atoms with Gasteiger partial charge in [0.2, 0.25) is 0 Å². The van der Waals surface area contributed by atoms with Crippen LogP contribution in [0.25, 0.3) is 22.3 Å². The van der Waals surface area contributed by atoms with Crippen LogP contribution in [0.2, 0.25) is 0 Å². The Kier molecular flexibility index (Phi) is 7.61. The topological polar surface area (TPSA) is 38.8 Å². The molecule has 0 bridgehead atoms. The van der Waals surface area contributed by atoms with Crippen molar-refractivity contribution >= 4 is 22.2 Å². The van der Waals surface area contributed by atoms with E-state index in [1.165, 1.54) is 19.3 Å². The van der Waals surface area contributed by atoms with Crippen LogP contribution in [-0.2, 0) is 10.8 Å². The fourth-order valence-corrected chi connectivity index (χ4v) is 6.32. The van der Waals surface area contributed by atoms with Gasteiger partial charge < -0.3 is 14.4 Å². The first-order valence-electron chi connectivity index (χ1n) is 12.9. The number of hydrogen-bond acceptors (Lipinski definition) is 4. The summed E-state index contributed by atoms with van der Waals surface area (Å²) in [5.74, 6) is 1.65. The third kappa shape index (κ3) is 5.14. The van der Waals surface area contributed by atoms with E-state index in [4.69, 9.17) is 9.47 Å². The second-order valence-electron chi connectivity index (χ2n) is 9.30. The number of hydrogen-bond donors (Lipinski definition) is 0. The van der Waals surface area contributed by atoms with Crippen molar-refractivity contribution in [3.63, 3.8) is 0 Å². The Balaban J connectivity index is 1.55. The zero-order chi connectivity index (χ0) is 25.8. The molecule has 0 atom stereocenters. The van der Waals surface area contributed by atoms with E-state index < -0.39 is 10.8 Å². The highest BCUT2D eigenvalue weighted by atomic mass is 32.2. The molecule has 0 N–H and O–H groups in total. The van der Waals surface area contributed by atoms with Crippen LogP contribution < -0.4 is 14.4 Å². The number of nitrogens with zero attached hydrogens (tertiary/aromatic N) is 1. The Labute approximate surface area is 222 Å². The lowest BCUT2D eigenvalue weighted by Crippen LogP contribution is -2.25. The summed E-state index contributed by atoms with van der Waals surface area (Å²) >= 11 is 0. The van der Waals surface area contributed by atoms with E-state index in [0.717, 1.165) is 67.9 Å². The lowest BCUT2D eigenvalue weighted by atomic mass is 10.0. The number of anilines is 2. The highest BCUT2D eigenvalue weighted by molar-refractivity contribution is 7.85. The Morgan fingerprint density at radius 2 is 1.08 bits per heavy atom. The summed E-state index contributed by atoms with van der Waals surface area (Å²) in [5, 5.41) is 0. The Hall–Kier alpha value is -3.57. The number of benzene rings is 4. The molecular formula is C32H33NO3S. The summed E-state index contributed by atoms with van der Waals surface area (Å²) in [5.41, 5.74) is 6.33. The molecule has 4 nitrogen and oxygen atoms in total. The molecule has 0 unspecified atom stereocenters. The highest BCUT2D eigenvalue weighted by Gasteiger charge is 2.29. The number of methoxy groups -OCH3 is 2. The van der Waals surface area contributed by atoms with Gasteiger partial charge in [0.15, 0.2) is 0 Å². The van der Waals surface area contributed by atoms with Crippen LogP contribution >= 0.6 is 0 Å². The number of unbranched alkanes of at least 4 members (excludes halogenated alkanes) is 3. The minimum absolute atomic E-state index is 0.823. The summed E-state index contributed by atoms with van der Waals surface area (Å²) in [6.45, 7) is 3.14. The van der Waals surface area contributed by atoms with Crippen LogP contribution in [0.5, 0.6) is 11.5 Å². The molecule has 0 aromatic heterocycles. The molecule has 1 heterocycles. The van der Waals surface area contributed by atoms with E-state index >= 15 is 0 Å². The van der Waals surface area contributed by atoms with Crippen molar-refractivity contribution in [2.75, 3.05) is 25.7 Å². The van der Waals surface area contributed by atoms with Gasteiger partial charge in [-0.15, -0.1) is 0 Å². The van der Waals surface area contributed by atoms with Crippen LogP contribution in [0.15, 0.2) is 94.7 Å². The minimum atomic E-state index is -1.29. The molecule has 5 heteroatoms. The molecule has 0 radical (unpaired) electrons. The molecule has 0 aliphatic carbocycles. The molecule has 4 aromatic rings. The smallest absolute Gasteiger partial charge is 0.118 e. The minimum Gasteiger partial charge on any atom is -0.497 e. The lowest BCUT2D eigenvalue weighted by molar-refractivity contribution is 0.415. The molecule has 5 rings (SSSR count). The average Bonchev–Trinajstić information content (AvgIpc) is 2.96. The van der Waals surface area contributed by atoms with E-state index in [1.807, 2.05) is 48.5 Å². The normalized spacial score (nSPS) is 12.7. The monoisotopic (exact) mass is 511 g/mol. The molecular weight excluding hydrogens is 478 g/mol. The first kappa shape index (κ1) is 25.1. The molecule has 0 spiro atoms. The zero-order valence-electron chi connectivity index (χ0n) is 21.7. The largest absolute Gasteiger partial charge is 0.497 e. The van der Waals surface area contributed by atoms with Crippen molar-refractivity contribution in [3.8, 4) is 33.8 Å². The molecule has 1 aliphatic rings. The van der Waals surface area contributed by atoms with Gasteiger partial charge in [0.1, 0.15) is 11.5 Å². The summed E-state index contributed by atoms with van der Waals surface area (Å²) in [6.07, 6.45) is 4.72. The molecule has 1 aliphatic heterocycles. The molecule has 0 amide bonds. The molecule has 0 saturated heterocycles. The fourth-order valence-electron chi connectivity index (χ4n) is 4.88. The summed E-state index contributed by atoms with van der Waals surface area (Å²) in [6, 6.07) is 28.7. The predicted molar refractivity (Wildman–Crippen MR) is 153 cm³/mol. The quantitative estimate of drug-likeness (QED) is 0.212. The van der Waals surface area contributed by atoms with E-state index in [2.05, 4.69) is 48.2 Å². The molecule has 37 heavy (non-hydrogen) atoms. The van der Waals surface area contributed by atoms with Gasteiger partial charge in [0.25, 0.3) is 0 Å². The van der Waals surface area contributed by atoms with E-state index in [0.29, 0.717) is 0 Å². The second kappa shape index (κ2) is 11.2. The van der Waals surface area contributed by atoms with Crippen LogP contribution in [0.4, 0.5) is 11.4 Å². The third-order valence-corrected chi connectivity index (χ3v) is 8.44. The summed E-state index contributed by atoms with van der Waals surface area (Å²) < 4.78 is 24.7. The predicted octanol–water partition coefficient (Wildman–Crippen LogP) is 8.24. The maximum atomic E-state index is 14.0. The van der Waals surface area contributed by atoms with Gasteiger partial charge in [-0.3, -0.25) is 0 Å². The maximum Gasteiger partial charge on any atom is 0.118 e. The first-order chi connectivity index (χ1) is 18.1. The summed E-state index contributed by atoms with van der Waals surface area (Å²) in [4.78, 5) is 4.09. The van der Waals surface area contributed by atoms with Crippen molar-refractivity contribution in [3.05, 3.63) is 84.9 Å². The van der Waals surface area contributed by atoms with Crippen LogP contribution in [0.1, 0.15) is 32.6 Å². The van der Waals surface area contributed by atoms with Crippen LogP contribution in [0, 0.1) is 0 Å². The molecule has 190 valence electrons. The zero-order valence-corrected chi connectivity index (χ0v) is 22.5. The lowest BCUT2D eigenvalue weighted by Gasteiger charge is -2.33. The van der Waals surface area contributed by atoms with Crippen molar-refractivity contribution in [2.45, 2.75) is 42.4 Å². The second-order valence-corrected chi connectivity index (χ2v) is 10.7. The van der Waals surface area contributed by atoms with Gasteiger partial charge >= 0.3 is 0 Å². The van der Waals surface area contributed by atoms with Crippen molar-refractivity contribution in [2.24, 2.45) is 0 Å². The van der Waals surface area contributed by atoms with Crippen molar-refractivity contribution in [1.29, 1.82) is 0 Å². The fraction of sp³-hybridized carbons (Fsp3) is 0.250. The van der Waals surface area contributed by atoms with Gasteiger partial charge in [-0.1, -0.05) is 62.6 Å². The van der Waals surface area contributed by atoms with E-state index in [1.54, 1.807) is 14.2 Å². The highest BCUT2D eigenvalue weighted by Crippen LogP contribution is 2.45. The Morgan fingerprint density at radius 1 is 0.622 bits per heavy atom. The van der Waals surface area contributed by atoms with Crippen LogP contribution in [0.3, 0.4) is 0 Å². The Morgan fingerprint density at radius 3 is 1.51 bits per heavy atom. The van der Waals surface area contributed by atoms with Gasteiger partial charge in [-0.25, -0.2) is 4.21 Å². The van der Waals surface area contributed by atoms with Gasteiger partial charge in [-0.2, -0.15) is 0 Å². The SMILES string of the molecule is CCCCCCN1c2ccc(-c3ccc(OC)cc3)cc2S(=O)c2cc(-c3ccc(OC)cc3)ccc21. The van der Waals surface area contributed by atoms with Crippen LogP contribution in [-0.4, -0.2) is 25.0 Å². The summed E-state index contributed by atoms with van der Waals surface area (Å²) in [7, 11) is 2.05. The van der Waals surface area contributed by atoms with Gasteiger partial charge in [-0.05, 0) is 77.2 Å². The average molecular weight is 512 g/mol.